The maximum absolute atomic E-state index is 12.9. The quantitative estimate of drug-likeness (QED) is 0.411. The summed E-state index contributed by atoms with van der Waals surface area (Å²) < 4.78 is 23.4. The lowest BCUT2D eigenvalue weighted by Gasteiger charge is -2.07. The number of carbonyl (C=O) groups is 1. The van der Waals surface area contributed by atoms with E-state index in [1.807, 2.05) is 6.92 Å². The first kappa shape index (κ1) is 15.9. The van der Waals surface area contributed by atoms with Gasteiger partial charge in [0.25, 0.3) is 0 Å². The van der Waals surface area contributed by atoms with Crippen LogP contribution in [0.25, 0.3) is 11.0 Å². The molecule has 0 aliphatic rings. The molecule has 1 aromatic heterocycles. The van der Waals surface area contributed by atoms with Gasteiger partial charge in [0.05, 0.1) is 5.56 Å². The third kappa shape index (κ3) is 3.35. The van der Waals surface area contributed by atoms with E-state index in [1.54, 1.807) is 12.1 Å². The van der Waals surface area contributed by atoms with Crippen LogP contribution in [0.15, 0.2) is 57.7 Å². The van der Waals surface area contributed by atoms with E-state index in [-0.39, 0.29) is 11.3 Å². The molecular formula is C19H15FO4. The summed E-state index contributed by atoms with van der Waals surface area (Å²) in [6, 6.07) is 11.5. The minimum Gasteiger partial charge on any atom is -0.423 e. The molecule has 5 heteroatoms. The van der Waals surface area contributed by atoms with Crippen molar-refractivity contribution in [1.29, 1.82) is 0 Å². The van der Waals surface area contributed by atoms with Crippen LogP contribution in [0.1, 0.15) is 29.3 Å². The molecule has 3 aromatic rings. The largest absolute Gasteiger partial charge is 0.423 e. The smallest absolute Gasteiger partial charge is 0.343 e. The first-order chi connectivity index (χ1) is 11.6. The van der Waals surface area contributed by atoms with Crippen molar-refractivity contribution in [2.45, 2.75) is 19.8 Å². The molecule has 0 atom stereocenters. The van der Waals surface area contributed by atoms with E-state index in [0.717, 1.165) is 23.8 Å². The normalized spacial score (nSPS) is 10.8. The third-order valence-corrected chi connectivity index (χ3v) is 3.61. The molecule has 0 saturated heterocycles. The van der Waals surface area contributed by atoms with E-state index in [0.29, 0.717) is 5.58 Å². The van der Waals surface area contributed by atoms with E-state index >= 15 is 0 Å². The van der Waals surface area contributed by atoms with Crippen molar-refractivity contribution < 1.29 is 18.3 Å². The van der Waals surface area contributed by atoms with Crippen LogP contribution >= 0.6 is 0 Å². The Bertz CT molecular complexity index is 942. The van der Waals surface area contributed by atoms with Gasteiger partial charge >= 0.3 is 11.6 Å². The topological polar surface area (TPSA) is 56.5 Å². The summed E-state index contributed by atoms with van der Waals surface area (Å²) in [4.78, 5) is 23.7. The molecule has 0 amide bonds. The summed E-state index contributed by atoms with van der Waals surface area (Å²) in [6.45, 7) is 2.03. The Morgan fingerprint density at radius 2 is 1.88 bits per heavy atom. The fourth-order valence-electron chi connectivity index (χ4n) is 2.50. The number of benzene rings is 2. The first-order valence-corrected chi connectivity index (χ1v) is 7.61. The zero-order chi connectivity index (χ0) is 17.1. The number of esters is 1. The highest BCUT2D eigenvalue weighted by Crippen LogP contribution is 2.24. The molecule has 0 fully saturated rings. The second kappa shape index (κ2) is 6.66. The maximum Gasteiger partial charge on any atom is 0.343 e. The van der Waals surface area contributed by atoms with Crippen LogP contribution in [0.4, 0.5) is 4.39 Å². The Morgan fingerprint density at radius 3 is 2.58 bits per heavy atom. The van der Waals surface area contributed by atoms with E-state index in [2.05, 4.69) is 0 Å². The van der Waals surface area contributed by atoms with Crippen molar-refractivity contribution in [2.24, 2.45) is 0 Å². The highest BCUT2D eigenvalue weighted by atomic mass is 19.1. The van der Waals surface area contributed by atoms with Crippen molar-refractivity contribution in [3.63, 3.8) is 0 Å². The van der Waals surface area contributed by atoms with Gasteiger partial charge in [-0.25, -0.2) is 14.0 Å². The number of aryl methyl sites for hydroxylation is 1. The van der Waals surface area contributed by atoms with Crippen LogP contribution in [-0.4, -0.2) is 5.97 Å². The molecule has 122 valence electrons. The average molecular weight is 326 g/mol. The number of carbonyl (C=O) groups excluding carboxylic acids is 1. The predicted molar refractivity (Wildman–Crippen MR) is 87.8 cm³/mol. The Kier molecular flexibility index (Phi) is 4.42. The lowest BCUT2D eigenvalue weighted by molar-refractivity contribution is 0.0735. The average Bonchev–Trinajstić information content (AvgIpc) is 2.55. The Hall–Kier alpha value is -2.95. The van der Waals surface area contributed by atoms with Crippen LogP contribution in [0.2, 0.25) is 0 Å². The summed E-state index contributed by atoms with van der Waals surface area (Å²) in [5.74, 6) is -0.780. The van der Waals surface area contributed by atoms with Crippen LogP contribution in [0, 0.1) is 5.82 Å². The van der Waals surface area contributed by atoms with Crippen molar-refractivity contribution in [2.75, 3.05) is 0 Å². The zero-order valence-corrected chi connectivity index (χ0v) is 13.0. The monoisotopic (exact) mass is 326 g/mol. The number of hydrogen-bond acceptors (Lipinski definition) is 4. The molecule has 0 bridgehead atoms. The summed E-state index contributed by atoms with van der Waals surface area (Å²) >= 11 is 0. The lowest BCUT2D eigenvalue weighted by atomic mass is 10.1. The Labute approximate surface area is 137 Å². The van der Waals surface area contributed by atoms with Gasteiger partial charge in [-0.1, -0.05) is 13.3 Å². The SMILES string of the molecule is CCCc1cc(=O)oc2cc(OC(=O)c3ccc(F)cc3)ccc12. The van der Waals surface area contributed by atoms with E-state index < -0.39 is 17.4 Å². The fraction of sp³-hybridized carbons (Fsp3) is 0.158. The molecule has 0 aliphatic heterocycles. The molecular weight excluding hydrogens is 311 g/mol. The molecule has 0 spiro atoms. The van der Waals surface area contributed by atoms with Crippen LogP contribution in [0.5, 0.6) is 5.75 Å². The second-order valence-corrected chi connectivity index (χ2v) is 5.40. The predicted octanol–water partition coefficient (Wildman–Crippen LogP) is 4.10. The summed E-state index contributed by atoms with van der Waals surface area (Å²) in [7, 11) is 0. The zero-order valence-electron chi connectivity index (χ0n) is 13.0. The van der Waals surface area contributed by atoms with Crippen molar-refractivity contribution in [3.05, 3.63) is 75.9 Å². The highest BCUT2D eigenvalue weighted by Gasteiger charge is 2.11. The van der Waals surface area contributed by atoms with Gasteiger partial charge in [-0.3, -0.25) is 0 Å². The number of hydrogen-bond donors (Lipinski definition) is 0. The van der Waals surface area contributed by atoms with Gasteiger partial charge in [-0.15, -0.1) is 0 Å². The Balaban J connectivity index is 1.92. The van der Waals surface area contributed by atoms with Gasteiger partial charge < -0.3 is 9.15 Å². The summed E-state index contributed by atoms with van der Waals surface area (Å²) in [5, 5.41) is 0.818. The summed E-state index contributed by atoms with van der Waals surface area (Å²) in [5.41, 5.74) is 1.07. The molecule has 0 aliphatic carbocycles. The van der Waals surface area contributed by atoms with Gasteiger partial charge in [-0.05, 0) is 48.4 Å². The lowest BCUT2D eigenvalue weighted by Crippen LogP contribution is -2.08. The molecule has 0 N–H and O–H groups in total. The molecule has 4 nitrogen and oxygen atoms in total. The number of fused-ring (bicyclic) bond motifs is 1. The maximum atomic E-state index is 12.9. The molecule has 0 saturated carbocycles. The third-order valence-electron chi connectivity index (χ3n) is 3.61. The summed E-state index contributed by atoms with van der Waals surface area (Å²) in [6.07, 6.45) is 1.66. The van der Waals surface area contributed by atoms with Gasteiger partial charge in [0.2, 0.25) is 0 Å². The Morgan fingerprint density at radius 1 is 1.12 bits per heavy atom. The fourth-order valence-corrected chi connectivity index (χ4v) is 2.50. The van der Waals surface area contributed by atoms with Gasteiger partial charge in [0.15, 0.2) is 0 Å². The number of halogens is 1. The van der Waals surface area contributed by atoms with Crippen molar-refractivity contribution in [3.8, 4) is 5.75 Å². The van der Waals surface area contributed by atoms with Gasteiger partial charge in [0.1, 0.15) is 17.1 Å². The minimum atomic E-state index is -0.610. The molecule has 24 heavy (non-hydrogen) atoms. The molecule has 0 unspecified atom stereocenters. The van der Waals surface area contributed by atoms with Crippen molar-refractivity contribution in [1.82, 2.24) is 0 Å². The molecule has 0 radical (unpaired) electrons. The minimum absolute atomic E-state index is 0.234. The number of ether oxygens (including phenoxy) is 1. The van der Waals surface area contributed by atoms with Gasteiger partial charge in [-0.2, -0.15) is 0 Å². The van der Waals surface area contributed by atoms with Gasteiger partial charge in [0, 0.05) is 17.5 Å². The van der Waals surface area contributed by atoms with Crippen LogP contribution in [-0.2, 0) is 6.42 Å². The second-order valence-electron chi connectivity index (χ2n) is 5.40. The molecule has 1 heterocycles. The highest BCUT2D eigenvalue weighted by molar-refractivity contribution is 5.91. The van der Waals surface area contributed by atoms with E-state index in [4.69, 9.17) is 9.15 Å². The first-order valence-electron chi connectivity index (χ1n) is 7.61. The molecule has 2 aromatic carbocycles. The molecule has 3 rings (SSSR count). The standard InChI is InChI=1S/C19H15FO4/c1-2-3-13-10-18(21)24-17-11-15(8-9-16(13)17)23-19(22)12-4-6-14(20)7-5-12/h4-11H,2-3H2,1H3. The van der Waals surface area contributed by atoms with Crippen LogP contribution < -0.4 is 10.4 Å². The van der Waals surface area contributed by atoms with E-state index in [9.17, 15) is 14.0 Å². The van der Waals surface area contributed by atoms with E-state index in [1.165, 1.54) is 36.4 Å². The van der Waals surface area contributed by atoms with Crippen LogP contribution in [0.3, 0.4) is 0 Å². The van der Waals surface area contributed by atoms with Crippen molar-refractivity contribution >= 4 is 16.9 Å². The number of rotatable bonds is 4.